The van der Waals surface area contributed by atoms with Gasteiger partial charge in [-0.05, 0) is 45.5 Å². The van der Waals surface area contributed by atoms with Gasteiger partial charge in [-0.3, -0.25) is 0 Å². The fourth-order valence-corrected chi connectivity index (χ4v) is 8.76. The highest BCUT2D eigenvalue weighted by Crippen LogP contribution is 2.44. The van der Waals surface area contributed by atoms with Gasteiger partial charge in [-0.15, -0.1) is 0 Å². The number of hydrogen-bond acceptors (Lipinski definition) is 8. The van der Waals surface area contributed by atoms with Crippen LogP contribution in [-0.2, 0) is 58.6 Å². The SMILES string of the molecule is COc1ccc([C@@H]2O[C@@H]3[C@@H](OCc4ccccc4)[C@H](OCc4ccccc4)[C@@H](COCc4ccccc4)O[C@H]3[C@H](COC(c3ccccc3)(c3ccccc3)c3ccccc3)O2)cc1. The maximum atomic E-state index is 7.48. The van der Waals surface area contributed by atoms with E-state index in [-0.39, 0.29) is 13.2 Å². The van der Waals surface area contributed by atoms with E-state index in [2.05, 4.69) is 109 Å². The van der Waals surface area contributed by atoms with Gasteiger partial charge in [-0.25, -0.2) is 0 Å². The summed E-state index contributed by atoms with van der Waals surface area (Å²) in [4.78, 5) is 0. The maximum absolute atomic E-state index is 7.48. The lowest BCUT2D eigenvalue weighted by atomic mass is 9.80. The van der Waals surface area contributed by atoms with Crippen LogP contribution in [0.5, 0.6) is 5.75 Å². The van der Waals surface area contributed by atoms with Crippen LogP contribution in [0.15, 0.2) is 206 Å². The predicted octanol–water partition coefficient (Wildman–Crippen LogP) is 10.6. The van der Waals surface area contributed by atoms with Gasteiger partial charge in [0.1, 0.15) is 48.0 Å². The lowest BCUT2D eigenvalue weighted by molar-refractivity contribution is -0.368. The molecule has 2 aliphatic rings. The molecule has 0 aromatic heterocycles. The smallest absolute Gasteiger partial charge is 0.184 e. The van der Waals surface area contributed by atoms with Crippen molar-refractivity contribution in [3.05, 3.63) is 245 Å². The summed E-state index contributed by atoms with van der Waals surface area (Å²) in [5.74, 6) is 0.730. The first-order chi connectivity index (χ1) is 31.7. The molecule has 64 heavy (non-hydrogen) atoms. The third-order valence-corrected chi connectivity index (χ3v) is 12.0. The minimum atomic E-state index is -1.01. The van der Waals surface area contributed by atoms with Crippen LogP contribution in [0.2, 0.25) is 0 Å². The first-order valence-electron chi connectivity index (χ1n) is 22.0. The molecule has 2 heterocycles. The van der Waals surface area contributed by atoms with E-state index in [0.29, 0.717) is 19.8 Å². The van der Waals surface area contributed by atoms with Crippen LogP contribution >= 0.6 is 0 Å². The number of ether oxygens (including phenoxy) is 8. The van der Waals surface area contributed by atoms with E-state index in [1.807, 2.05) is 97.1 Å². The number of fused-ring (bicyclic) bond motifs is 1. The monoisotopic (exact) mass is 854 g/mol. The number of benzene rings is 7. The van der Waals surface area contributed by atoms with Crippen molar-refractivity contribution in [2.75, 3.05) is 20.3 Å². The van der Waals surface area contributed by atoms with E-state index in [1.54, 1.807) is 7.11 Å². The molecule has 0 aliphatic carbocycles. The van der Waals surface area contributed by atoms with Crippen molar-refractivity contribution >= 4 is 0 Å². The van der Waals surface area contributed by atoms with Gasteiger partial charge < -0.3 is 37.9 Å². The quantitative estimate of drug-likeness (QED) is 0.0791. The van der Waals surface area contributed by atoms with Crippen molar-refractivity contribution in [2.24, 2.45) is 0 Å². The summed E-state index contributed by atoms with van der Waals surface area (Å²) in [5.41, 5.74) is 5.89. The molecule has 0 radical (unpaired) electrons. The Bertz CT molecular complexity index is 2330. The van der Waals surface area contributed by atoms with Crippen molar-refractivity contribution in [2.45, 2.75) is 68.3 Å². The van der Waals surface area contributed by atoms with Crippen LogP contribution in [-0.4, -0.2) is 56.9 Å². The fraction of sp³-hybridized carbons (Fsp3) is 0.250. The standard InChI is InChI=1S/C56H54O8/c1-57-48-34-32-44(33-35-48)55-63-50(40-61-56(45-26-14-5-15-27-45,46-28-16-6-17-29-46)47-30-18-7-19-31-47)52-54(64-55)53(60-38-43-24-12-4-13-25-43)51(59-37-42-22-10-3-11-23-42)49(62-52)39-58-36-41-20-8-2-9-21-41/h2-35,49-55H,36-40H2,1H3/t49-,50+,51-,52+,53+,54+,55+/m1/s1. The van der Waals surface area contributed by atoms with E-state index in [0.717, 1.165) is 44.7 Å². The van der Waals surface area contributed by atoms with E-state index in [9.17, 15) is 0 Å². The lowest BCUT2D eigenvalue weighted by Gasteiger charge is -2.52. The Labute approximate surface area is 376 Å². The van der Waals surface area contributed by atoms with Crippen molar-refractivity contribution in [3.8, 4) is 5.75 Å². The molecule has 2 saturated heterocycles. The summed E-state index contributed by atoms with van der Waals surface area (Å²) in [5, 5.41) is 0. The molecule has 2 fully saturated rings. The Morgan fingerprint density at radius 3 is 1.36 bits per heavy atom. The topological polar surface area (TPSA) is 73.8 Å². The van der Waals surface area contributed by atoms with Crippen LogP contribution in [0.1, 0.15) is 45.2 Å². The van der Waals surface area contributed by atoms with Gasteiger partial charge in [0.05, 0.1) is 40.1 Å². The summed E-state index contributed by atoms with van der Waals surface area (Å²) >= 11 is 0. The largest absolute Gasteiger partial charge is 0.497 e. The van der Waals surface area contributed by atoms with Gasteiger partial charge in [0, 0.05) is 5.56 Å². The Kier molecular flexibility index (Phi) is 14.3. The summed E-state index contributed by atoms with van der Waals surface area (Å²) in [7, 11) is 1.66. The molecule has 9 rings (SSSR count). The van der Waals surface area contributed by atoms with Gasteiger partial charge in [0.15, 0.2) is 6.29 Å². The zero-order valence-corrected chi connectivity index (χ0v) is 36.0. The Hall–Kier alpha value is -5.94. The van der Waals surface area contributed by atoms with E-state index in [1.165, 1.54) is 0 Å². The molecule has 2 aliphatic heterocycles. The highest BCUT2D eigenvalue weighted by Gasteiger charge is 2.55. The molecule has 0 bridgehead atoms. The molecular weight excluding hydrogens is 801 g/mol. The second-order valence-corrected chi connectivity index (χ2v) is 16.1. The molecule has 0 unspecified atom stereocenters. The Balaban J connectivity index is 1.12. The van der Waals surface area contributed by atoms with E-state index < -0.39 is 48.5 Å². The zero-order chi connectivity index (χ0) is 43.4. The minimum absolute atomic E-state index is 0.133. The molecule has 0 amide bonds. The van der Waals surface area contributed by atoms with Gasteiger partial charge in [-0.2, -0.15) is 0 Å². The maximum Gasteiger partial charge on any atom is 0.184 e. The molecule has 8 nitrogen and oxygen atoms in total. The molecule has 0 spiro atoms. The molecule has 7 atom stereocenters. The van der Waals surface area contributed by atoms with Crippen molar-refractivity contribution in [1.82, 2.24) is 0 Å². The third kappa shape index (κ3) is 10.0. The number of hydrogen-bond donors (Lipinski definition) is 0. The van der Waals surface area contributed by atoms with Gasteiger partial charge in [-0.1, -0.05) is 194 Å². The van der Waals surface area contributed by atoms with Crippen LogP contribution in [0.3, 0.4) is 0 Å². The first-order valence-corrected chi connectivity index (χ1v) is 22.0. The second kappa shape index (κ2) is 21.2. The van der Waals surface area contributed by atoms with Crippen LogP contribution in [0, 0.1) is 0 Å². The summed E-state index contributed by atoms with van der Waals surface area (Å²) in [6, 6.07) is 69.3. The van der Waals surface area contributed by atoms with Crippen LogP contribution < -0.4 is 4.74 Å². The van der Waals surface area contributed by atoms with E-state index >= 15 is 0 Å². The third-order valence-electron chi connectivity index (χ3n) is 12.0. The normalized spacial score (nSPS) is 22.0. The second-order valence-electron chi connectivity index (χ2n) is 16.1. The van der Waals surface area contributed by atoms with Crippen LogP contribution in [0.25, 0.3) is 0 Å². The van der Waals surface area contributed by atoms with Gasteiger partial charge in [0.2, 0.25) is 0 Å². The molecule has 326 valence electrons. The van der Waals surface area contributed by atoms with Crippen molar-refractivity contribution < 1.29 is 37.9 Å². The van der Waals surface area contributed by atoms with Crippen LogP contribution in [0.4, 0.5) is 0 Å². The lowest BCUT2D eigenvalue weighted by Crippen LogP contribution is -2.67. The average Bonchev–Trinajstić information content (AvgIpc) is 3.37. The molecule has 7 aromatic rings. The fourth-order valence-electron chi connectivity index (χ4n) is 8.76. The zero-order valence-electron chi connectivity index (χ0n) is 36.0. The predicted molar refractivity (Wildman–Crippen MR) is 245 cm³/mol. The summed E-state index contributed by atoms with van der Waals surface area (Å²) < 4.78 is 54.9. The number of rotatable bonds is 18. The highest BCUT2D eigenvalue weighted by atomic mass is 16.7. The van der Waals surface area contributed by atoms with Crippen molar-refractivity contribution in [3.63, 3.8) is 0 Å². The molecule has 0 saturated carbocycles. The minimum Gasteiger partial charge on any atom is -0.497 e. The molecule has 8 heteroatoms. The first kappa shape index (κ1) is 43.3. The summed E-state index contributed by atoms with van der Waals surface area (Å²) in [6.07, 6.45) is -4.51. The average molecular weight is 855 g/mol. The van der Waals surface area contributed by atoms with Gasteiger partial charge in [0.25, 0.3) is 0 Å². The summed E-state index contributed by atoms with van der Waals surface area (Å²) in [6.45, 7) is 1.44. The molecule has 0 N–H and O–H groups in total. The Morgan fingerprint density at radius 2 is 0.875 bits per heavy atom. The number of methoxy groups -OCH3 is 1. The molecular formula is C56H54O8. The van der Waals surface area contributed by atoms with Gasteiger partial charge >= 0.3 is 0 Å². The van der Waals surface area contributed by atoms with Crippen molar-refractivity contribution in [1.29, 1.82) is 0 Å². The van der Waals surface area contributed by atoms with E-state index in [4.69, 9.17) is 37.9 Å². The highest BCUT2D eigenvalue weighted by molar-refractivity contribution is 5.47. The Morgan fingerprint density at radius 1 is 0.422 bits per heavy atom. The molecule has 7 aromatic carbocycles.